The van der Waals surface area contributed by atoms with Crippen LogP contribution in [0.25, 0.3) is 0 Å². The van der Waals surface area contributed by atoms with E-state index in [0.29, 0.717) is 18.5 Å². The van der Waals surface area contributed by atoms with E-state index < -0.39 is 51.7 Å². The van der Waals surface area contributed by atoms with Gasteiger partial charge in [0.15, 0.2) is 5.78 Å². The molecule has 2 rings (SSSR count). The average molecular weight is 541 g/mol. The fourth-order valence-corrected chi connectivity index (χ4v) is 4.30. The van der Waals surface area contributed by atoms with Crippen LogP contribution in [0.2, 0.25) is 0 Å². The number of nitrogens with one attached hydrogen (secondary N) is 2. The van der Waals surface area contributed by atoms with Gasteiger partial charge in [-0.1, -0.05) is 41.0 Å². The summed E-state index contributed by atoms with van der Waals surface area (Å²) in [5, 5.41) is 34.9. The first-order chi connectivity index (χ1) is 18.1. The normalized spacial score (nSPS) is 11.5. The highest BCUT2D eigenvalue weighted by Crippen LogP contribution is 2.31. The number of ketones is 1. The smallest absolute Gasteiger partial charge is 0.336 e. The number of amides is 1. The van der Waals surface area contributed by atoms with E-state index in [1.807, 2.05) is 27.7 Å². The Morgan fingerprint density at radius 3 is 1.69 bits per heavy atom. The molecule has 0 saturated heterocycles. The van der Waals surface area contributed by atoms with Gasteiger partial charge in [-0.25, -0.2) is 14.4 Å². The number of carboxylic acid groups (broad SMARTS) is 3. The summed E-state index contributed by atoms with van der Waals surface area (Å²) < 4.78 is 0. The lowest BCUT2D eigenvalue weighted by atomic mass is 9.78. The van der Waals surface area contributed by atoms with Gasteiger partial charge >= 0.3 is 17.9 Å². The number of rotatable bonds is 13. The summed E-state index contributed by atoms with van der Waals surface area (Å²) in [7, 11) is 0. The van der Waals surface area contributed by atoms with Gasteiger partial charge in [0.2, 0.25) is 0 Å². The van der Waals surface area contributed by atoms with Gasteiger partial charge in [0.05, 0.1) is 22.3 Å². The number of hydrogen-bond donors (Lipinski definition) is 5. The summed E-state index contributed by atoms with van der Waals surface area (Å²) in [6.07, 6.45) is 2.57. The Bertz CT molecular complexity index is 1310. The second-order valence-electron chi connectivity index (χ2n) is 10.5. The summed E-state index contributed by atoms with van der Waals surface area (Å²) in [6, 6.07) is 5.98. The van der Waals surface area contributed by atoms with Crippen LogP contribution in [0.3, 0.4) is 0 Å². The van der Waals surface area contributed by atoms with E-state index in [0.717, 1.165) is 25.0 Å². The lowest BCUT2D eigenvalue weighted by Crippen LogP contribution is -2.33. The van der Waals surface area contributed by atoms with E-state index in [2.05, 4.69) is 10.6 Å². The Balaban J connectivity index is 2.66. The Morgan fingerprint density at radius 1 is 0.692 bits per heavy atom. The van der Waals surface area contributed by atoms with Crippen molar-refractivity contribution in [1.29, 1.82) is 0 Å². The summed E-state index contributed by atoms with van der Waals surface area (Å²) in [5.74, 6) is -5.76. The molecule has 0 spiro atoms. The van der Waals surface area contributed by atoms with Crippen molar-refractivity contribution >= 4 is 41.0 Å². The van der Waals surface area contributed by atoms with Crippen LogP contribution in [-0.2, 0) is 0 Å². The highest BCUT2D eigenvalue weighted by molar-refractivity contribution is 6.16. The molecule has 0 bridgehead atoms. The van der Waals surface area contributed by atoms with Gasteiger partial charge in [0.25, 0.3) is 5.91 Å². The lowest BCUT2D eigenvalue weighted by Gasteiger charge is -2.30. The zero-order valence-corrected chi connectivity index (χ0v) is 23.1. The van der Waals surface area contributed by atoms with Gasteiger partial charge in [0, 0.05) is 27.9 Å². The molecule has 0 atom stereocenters. The molecular weight excluding hydrogens is 504 g/mol. The largest absolute Gasteiger partial charge is 0.478 e. The summed E-state index contributed by atoms with van der Waals surface area (Å²) in [6.45, 7) is 11.1. The number of carboxylic acids is 3. The van der Waals surface area contributed by atoms with E-state index >= 15 is 0 Å². The van der Waals surface area contributed by atoms with Crippen LogP contribution in [0.5, 0.6) is 0 Å². The van der Waals surface area contributed by atoms with Gasteiger partial charge in [-0.05, 0) is 56.5 Å². The fraction of sp³-hybridized carbons (Fsp3) is 0.414. The fourth-order valence-electron chi connectivity index (χ4n) is 4.30. The van der Waals surface area contributed by atoms with Crippen molar-refractivity contribution in [3.05, 3.63) is 58.1 Å². The summed E-state index contributed by atoms with van der Waals surface area (Å²) in [5.41, 5.74) is -2.72. The molecule has 2 aromatic carbocycles. The number of anilines is 2. The molecule has 0 fully saturated rings. The molecule has 10 heteroatoms. The maximum atomic E-state index is 13.4. The quantitative estimate of drug-likeness (QED) is 0.190. The Labute approximate surface area is 227 Å². The predicted octanol–water partition coefficient (Wildman–Crippen LogP) is 6.03. The van der Waals surface area contributed by atoms with Crippen molar-refractivity contribution in [2.75, 3.05) is 10.6 Å². The third-order valence-electron chi connectivity index (χ3n) is 7.04. The summed E-state index contributed by atoms with van der Waals surface area (Å²) >= 11 is 0. The second-order valence-corrected chi connectivity index (χ2v) is 10.5. The van der Waals surface area contributed by atoms with E-state index in [-0.39, 0.29) is 22.4 Å². The van der Waals surface area contributed by atoms with Gasteiger partial charge in [0.1, 0.15) is 0 Å². The monoisotopic (exact) mass is 540 g/mol. The second kappa shape index (κ2) is 12.1. The van der Waals surface area contributed by atoms with Crippen LogP contribution < -0.4 is 10.6 Å². The molecule has 0 radical (unpaired) electrons. The predicted molar refractivity (Wildman–Crippen MR) is 147 cm³/mol. The standard InChI is InChI=1S/C29H36N2O8/c1-7-10-28(4,5)23(32)19-14-20(22(27(38)39)15-21(19)26(36)37)24(33)30-17-11-16(25(34)35)12-18(13-17)31-29(6,8-2)9-3/h11-15,31H,7-10H2,1-6H3,(H,30,33)(H,34,35)(H,36,37)(H,38,39). The molecular formula is C29H36N2O8. The van der Waals surface area contributed by atoms with Crippen LogP contribution in [-0.4, -0.2) is 50.5 Å². The Hall–Kier alpha value is -4.21. The molecule has 0 unspecified atom stereocenters. The van der Waals surface area contributed by atoms with Crippen LogP contribution >= 0.6 is 0 Å². The number of aromatic carboxylic acids is 3. The van der Waals surface area contributed by atoms with E-state index in [9.17, 15) is 39.3 Å². The molecule has 10 nitrogen and oxygen atoms in total. The topological polar surface area (TPSA) is 170 Å². The van der Waals surface area contributed by atoms with Crippen molar-refractivity contribution in [2.24, 2.45) is 5.41 Å². The van der Waals surface area contributed by atoms with Crippen molar-refractivity contribution in [3.8, 4) is 0 Å². The van der Waals surface area contributed by atoms with E-state index in [1.54, 1.807) is 13.8 Å². The maximum Gasteiger partial charge on any atom is 0.336 e. The lowest BCUT2D eigenvalue weighted by molar-refractivity contribution is 0.0677. The molecule has 0 saturated carbocycles. The maximum absolute atomic E-state index is 13.4. The third-order valence-corrected chi connectivity index (χ3v) is 7.04. The zero-order chi connectivity index (χ0) is 29.7. The number of hydrogen-bond acceptors (Lipinski definition) is 6. The summed E-state index contributed by atoms with van der Waals surface area (Å²) in [4.78, 5) is 62.4. The van der Waals surface area contributed by atoms with E-state index in [4.69, 9.17) is 0 Å². The minimum Gasteiger partial charge on any atom is -0.478 e. The molecule has 0 aromatic heterocycles. The highest BCUT2D eigenvalue weighted by Gasteiger charge is 2.33. The number of benzene rings is 2. The molecule has 0 heterocycles. The van der Waals surface area contributed by atoms with Gasteiger partial charge in [-0.15, -0.1) is 0 Å². The SMILES string of the molecule is CCCC(C)(C)C(=O)c1cc(C(=O)Nc2cc(NC(C)(CC)CC)cc(C(=O)O)c2)c(C(=O)O)cc1C(=O)O. The van der Waals surface area contributed by atoms with Gasteiger partial charge < -0.3 is 26.0 Å². The Kier molecular flexibility index (Phi) is 9.62. The van der Waals surface area contributed by atoms with Crippen molar-refractivity contribution < 1.29 is 39.3 Å². The van der Waals surface area contributed by atoms with Crippen molar-refractivity contribution in [1.82, 2.24) is 0 Å². The Morgan fingerprint density at radius 2 is 1.21 bits per heavy atom. The number of carbonyl (C=O) groups excluding carboxylic acids is 2. The average Bonchev–Trinajstić information content (AvgIpc) is 2.86. The van der Waals surface area contributed by atoms with Crippen molar-refractivity contribution in [3.63, 3.8) is 0 Å². The molecule has 1 amide bonds. The molecule has 210 valence electrons. The number of carbonyl (C=O) groups is 5. The number of Topliss-reactive ketones (excluding diaryl/α,β-unsaturated/α-hetero) is 1. The van der Waals surface area contributed by atoms with Gasteiger partial charge in [-0.3, -0.25) is 9.59 Å². The molecule has 39 heavy (non-hydrogen) atoms. The molecule has 2 aromatic rings. The minimum atomic E-state index is -1.56. The zero-order valence-electron chi connectivity index (χ0n) is 23.1. The first-order valence-corrected chi connectivity index (χ1v) is 12.8. The van der Waals surface area contributed by atoms with Gasteiger partial charge in [-0.2, -0.15) is 0 Å². The molecule has 0 aliphatic rings. The van der Waals surface area contributed by atoms with Crippen LogP contribution in [0.1, 0.15) is 119 Å². The third kappa shape index (κ3) is 7.22. The molecule has 0 aliphatic carbocycles. The van der Waals surface area contributed by atoms with Crippen LogP contribution in [0, 0.1) is 5.41 Å². The first kappa shape index (κ1) is 31.0. The van der Waals surface area contributed by atoms with E-state index in [1.165, 1.54) is 18.2 Å². The van der Waals surface area contributed by atoms with Crippen LogP contribution in [0.4, 0.5) is 11.4 Å². The first-order valence-electron chi connectivity index (χ1n) is 12.8. The van der Waals surface area contributed by atoms with Crippen LogP contribution in [0.15, 0.2) is 30.3 Å². The highest BCUT2D eigenvalue weighted by atomic mass is 16.4. The molecule has 5 N–H and O–H groups in total. The molecule has 0 aliphatic heterocycles. The van der Waals surface area contributed by atoms with Crippen molar-refractivity contribution in [2.45, 2.75) is 72.8 Å². The minimum absolute atomic E-state index is 0.0785.